The molecule has 1 aromatic rings. The molecule has 0 spiro atoms. The minimum atomic E-state index is 0.00927. The van der Waals surface area contributed by atoms with Gasteiger partial charge in [0, 0.05) is 51.3 Å². The molecule has 6 nitrogen and oxygen atoms in total. The average Bonchev–Trinajstić information content (AvgIpc) is 3.02. The van der Waals surface area contributed by atoms with Crippen LogP contribution in [0.1, 0.15) is 63.9 Å². The first kappa shape index (κ1) is 20.6. The number of rotatable bonds is 6. The Hall–Kier alpha value is -2.11. The van der Waals surface area contributed by atoms with E-state index >= 15 is 0 Å². The zero-order valence-electron chi connectivity index (χ0n) is 17.2. The van der Waals surface area contributed by atoms with Crippen molar-refractivity contribution in [3.8, 4) is 0 Å². The Kier molecular flexibility index (Phi) is 7.69. The Morgan fingerprint density at radius 1 is 1.07 bits per heavy atom. The normalized spacial score (nSPS) is 18.6. The molecule has 2 amide bonds. The van der Waals surface area contributed by atoms with Crippen molar-refractivity contribution < 1.29 is 9.59 Å². The van der Waals surface area contributed by atoms with Gasteiger partial charge in [0.25, 0.3) is 0 Å². The number of nitrogens with zero attached hydrogens (tertiary/aromatic N) is 3. The lowest BCUT2D eigenvalue weighted by molar-refractivity contribution is -0.135. The van der Waals surface area contributed by atoms with E-state index in [9.17, 15) is 9.59 Å². The van der Waals surface area contributed by atoms with Gasteiger partial charge in [-0.25, -0.2) is 4.98 Å². The highest BCUT2D eigenvalue weighted by Crippen LogP contribution is 2.19. The molecule has 0 saturated carbocycles. The van der Waals surface area contributed by atoms with E-state index < -0.39 is 0 Å². The van der Waals surface area contributed by atoms with Gasteiger partial charge in [-0.3, -0.25) is 9.59 Å². The van der Waals surface area contributed by atoms with Crippen molar-refractivity contribution in [3.05, 3.63) is 23.9 Å². The number of piperidine rings is 1. The Labute approximate surface area is 168 Å². The number of likely N-dealkylation sites (tertiary alicyclic amines) is 1. The number of pyridine rings is 1. The third kappa shape index (κ3) is 5.69. The molecule has 0 atom stereocenters. The summed E-state index contributed by atoms with van der Waals surface area (Å²) in [5.41, 5.74) is 1.03. The lowest BCUT2D eigenvalue weighted by Crippen LogP contribution is -2.42. The van der Waals surface area contributed by atoms with Crippen LogP contribution in [-0.2, 0) is 16.1 Å². The van der Waals surface area contributed by atoms with Gasteiger partial charge in [-0.2, -0.15) is 0 Å². The second-order valence-corrected chi connectivity index (χ2v) is 8.05. The Morgan fingerprint density at radius 2 is 1.79 bits per heavy atom. The Balaban J connectivity index is 1.43. The summed E-state index contributed by atoms with van der Waals surface area (Å²) in [6.45, 7) is 6.10. The monoisotopic (exact) mass is 386 g/mol. The van der Waals surface area contributed by atoms with E-state index in [1.807, 2.05) is 18.0 Å². The average molecular weight is 387 g/mol. The second-order valence-electron chi connectivity index (χ2n) is 8.05. The van der Waals surface area contributed by atoms with E-state index in [0.717, 1.165) is 43.7 Å². The number of amides is 2. The molecule has 1 aromatic heterocycles. The van der Waals surface area contributed by atoms with Crippen molar-refractivity contribution in [3.63, 3.8) is 0 Å². The van der Waals surface area contributed by atoms with E-state index in [-0.39, 0.29) is 17.7 Å². The fourth-order valence-electron chi connectivity index (χ4n) is 4.10. The van der Waals surface area contributed by atoms with Crippen LogP contribution in [0.2, 0.25) is 0 Å². The number of carbonyl (C=O) groups excluding carboxylic acids is 2. The summed E-state index contributed by atoms with van der Waals surface area (Å²) in [5.74, 6) is 1.37. The maximum Gasteiger partial charge on any atom is 0.223 e. The van der Waals surface area contributed by atoms with Crippen LogP contribution in [0.15, 0.2) is 18.3 Å². The summed E-state index contributed by atoms with van der Waals surface area (Å²) < 4.78 is 0. The molecule has 0 unspecified atom stereocenters. The van der Waals surface area contributed by atoms with E-state index in [1.54, 1.807) is 0 Å². The maximum absolute atomic E-state index is 12.5. The lowest BCUT2D eigenvalue weighted by Gasteiger charge is -2.31. The Morgan fingerprint density at radius 3 is 2.39 bits per heavy atom. The SMILES string of the molecule is CCCC(=O)N1CCC(C(=O)NCc2ccc(N3CCCCCC3)nc2)CC1. The molecule has 2 aliphatic rings. The molecule has 1 N–H and O–H groups in total. The zero-order chi connectivity index (χ0) is 19.8. The van der Waals surface area contributed by atoms with Crippen LogP contribution in [0.25, 0.3) is 0 Å². The number of hydrogen-bond donors (Lipinski definition) is 1. The fourth-order valence-corrected chi connectivity index (χ4v) is 4.10. The van der Waals surface area contributed by atoms with Crippen LogP contribution in [0.4, 0.5) is 5.82 Å². The van der Waals surface area contributed by atoms with Gasteiger partial charge in [0.15, 0.2) is 0 Å². The highest BCUT2D eigenvalue weighted by Gasteiger charge is 2.26. The molecule has 0 aromatic carbocycles. The molecule has 2 saturated heterocycles. The van der Waals surface area contributed by atoms with E-state index in [2.05, 4.69) is 27.3 Å². The highest BCUT2D eigenvalue weighted by atomic mass is 16.2. The molecular formula is C22H34N4O2. The molecule has 154 valence electrons. The molecule has 3 rings (SSSR count). The number of aromatic nitrogens is 1. The molecule has 6 heteroatoms. The third-order valence-electron chi connectivity index (χ3n) is 5.89. The van der Waals surface area contributed by atoms with Gasteiger partial charge in [-0.05, 0) is 43.7 Å². The lowest BCUT2D eigenvalue weighted by atomic mass is 9.95. The zero-order valence-corrected chi connectivity index (χ0v) is 17.2. The van der Waals surface area contributed by atoms with E-state index in [1.165, 1.54) is 25.7 Å². The molecular weight excluding hydrogens is 352 g/mol. The van der Waals surface area contributed by atoms with Crippen molar-refractivity contribution in [2.75, 3.05) is 31.1 Å². The molecule has 0 radical (unpaired) electrons. The van der Waals surface area contributed by atoms with Crippen LogP contribution in [0.5, 0.6) is 0 Å². The molecule has 0 aliphatic carbocycles. The Bertz CT molecular complexity index is 630. The van der Waals surface area contributed by atoms with E-state index in [0.29, 0.717) is 26.1 Å². The smallest absolute Gasteiger partial charge is 0.223 e. The summed E-state index contributed by atoms with van der Waals surface area (Å²) >= 11 is 0. The van der Waals surface area contributed by atoms with Crippen molar-refractivity contribution in [2.24, 2.45) is 5.92 Å². The second kappa shape index (κ2) is 10.4. The van der Waals surface area contributed by atoms with Gasteiger partial charge in [0.05, 0.1) is 0 Å². The standard InChI is InChI=1S/C22H34N4O2/c1-2-7-21(27)26-14-10-19(11-15-26)22(28)24-17-18-8-9-20(23-16-18)25-12-5-3-4-6-13-25/h8-9,16,19H,2-7,10-15,17H2,1H3,(H,24,28). The van der Waals surface area contributed by atoms with Gasteiger partial charge >= 0.3 is 0 Å². The van der Waals surface area contributed by atoms with Crippen molar-refractivity contribution in [1.82, 2.24) is 15.2 Å². The summed E-state index contributed by atoms with van der Waals surface area (Å²) in [6.07, 6.45) is 9.98. The first-order chi connectivity index (χ1) is 13.7. The van der Waals surface area contributed by atoms with Crippen LogP contribution < -0.4 is 10.2 Å². The van der Waals surface area contributed by atoms with Crippen molar-refractivity contribution in [1.29, 1.82) is 0 Å². The largest absolute Gasteiger partial charge is 0.357 e. The summed E-state index contributed by atoms with van der Waals surface area (Å²) in [6, 6.07) is 4.14. The number of carbonyl (C=O) groups is 2. The number of hydrogen-bond acceptors (Lipinski definition) is 4. The number of nitrogens with one attached hydrogen (secondary N) is 1. The molecule has 28 heavy (non-hydrogen) atoms. The third-order valence-corrected chi connectivity index (χ3v) is 5.89. The fraction of sp³-hybridized carbons (Fsp3) is 0.682. The van der Waals surface area contributed by atoms with Crippen molar-refractivity contribution in [2.45, 2.75) is 64.8 Å². The predicted molar refractivity (Wildman–Crippen MR) is 111 cm³/mol. The van der Waals surface area contributed by atoms with Gasteiger partial charge in [-0.1, -0.05) is 25.8 Å². The molecule has 3 heterocycles. The summed E-state index contributed by atoms with van der Waals surface area (Å²) in [4.78, 5) is 33.3. The summed E-state index contributed by atoms with van der Waals surface area (Å²) in [5, 5.41) is 3.05. The van der Waals surface area contributed by atoms with Crippen LogP contribution in [0, 0.1) is 5.92 Å². The first-order valence-electron chi connectivity index (χ1n) is 10.9. The summed E-state index contributed by atoms with van der Waals surface area (Å²) in [7, 11) is 0. The quantitative estimate of drug-likeness (QED) is 0.816. The van der Waals surface area contributed by atoms with E-state index in [4.69, 9.17) is 0 Å². The minimum absolute atomic E-state index is 0.00927. The highest BCUT2D eigenvalue weighted by molar-refractivity contribution is 5.80. The predicted octanol–water partition coefficient (Wildman–Crippen LogP) is 3.12. The molecule has 2 aliphatic heterocycles. The van der Waals surface area contributed by atoms with Gasteiger partial charge in [-0.15, -0.1) is 0 Å². The van der Waals surface area contributed by atoms with Crippen LogP contribution in [0.3, 0.4) is 0 Å². The van der Waals surface area contributed by atoms with Gasteiger partial charge in [0.2, 0.25) is 11.8 Å². The van der Waals surface area contributed by atoms with Crippen LogP contribution >= 0.6 is 0 Å². The van der Waals surface area contributed by atoms with Gasteiger partial charge < -0.3 is 15.1 Å². The molecule has 2 fully saturated rings. The molecule has 0 bridgehead atoms. The first-order valence-corrected chi connectivity index (χ1v) is 10.9. The van der Waals surface area contributed by atoms with Gasteiger partial charge in [0.1, 0.15) is 5.82 Å². The topological polar surface area (TPSA) is 65.5 Å². The van der Waals surface area contributed by atoms with Crippen LogP contribution in [-0.4, -0.2) is 47.9 Å². The number of anilines is 1. The van der Waals surface area contributed by atoms with Crippen molar-refractivity contribution >= 4 is 17.6 Å². The maximum atomic E-state index is 12.5. The minimum Gasteiger partial charge on any atom is -0.357 e.